The topological polar surface area (TPSA) is 50.4 Å². The van der Waals surface area contributed by atoms with E-state index in [1.54, 1.807) is 0 Å². The minimum absolute atomic E-state index is 0.00385. The molecule has 1 aromatic rings. The molecule has 0 atom stereocenters. The summed E-state index contributed by atoms with van der Waals surface area (Å²) in [4.78, 5) is 12.2. The molecule has 0 radical (unpaired) electrons. The Morgan fingerprint density at radius 3 is 2.79 bits per heavy atom. The van der Waals surface area contributed by atoms with Gasteiger partial charge in [-0.15, -0.1) is 0 Å². The van der Waals surface area contributed by atoms with Crippen molar-refractivity contribution in [2.75, 3.05) is 32.1 Å². The van der Waals surface area contributed by atoms with Gasteiger partial charge in [-0.2, -0.15) is 0 Å². The predicted octanol–water partition coefficient (Wildman–Crippen LogP) is 2.19. The van der Waals surface area contributed by atoms with Crippen molar-refractivity contribution in [1.82, 2.24) is 5.32 Å². The molecule has 0 unspecified atom stereocenters. The lowest BCUT2D eigenvalue weighted by molar-refractivity contribution is 0.0643. The molecule has 0 aromatic heterocycles. The molecule has 0 aliphatic carbocycles. The first-order chi connectivity index (χ1) is 9.20. The van der Waals surface area contributed by atoms with Crippen LogP contribution >= 0.6 is 0 Å². The zero-order valence-corrected chi connectivity index (χ0v) is 11.7. The molecule has 104 valence electrons. The van der Waals surface area contributed by atoms with Crippen molar-refractivity contribution < 1.29 is 9.53 Å². The number of ether oxygens (including phenoxy) is 1. The maximum absolute atomic E-state index is 12.2. The predicted molar refractivity (Wildman–Crippen MR) is 76.6 cm³/mol. The minimum Gasteiger partial charge on any atom is -0.387 e. The lowest BCUT2D eigenvalue weighted by atomic mass is 10.00. The van der Waals surface area contributed by atoms with Gasteiger partial charge in [-0.1, -0.05) is 6.07 Å². The first kappa shape index (κ1) is 13.9. The van der Waals surface area contributed by atoms with Crippen molar-refractivity contribution >= 4 is 11.6 Å². The molecule has 1 aliphatic heterocycles. The maximum atomic E-state index is 12.2. The van der Waals surface area contributed by atoms with E-state index >= 15 is 0 Å². The molecule has 1 fully saturated rings. The van der Waals surface area contributed by atoms with Crippen LogP contribution in [0, 0.1) is 12.8 Å². The summed E-state index contributed by atoms with van der Waals surface area (Å²) in [6.45, 7) is 4.38. The zero-order chi connectivity index (χ0) is 13.7. The fourth-order valence-corrected chi connectivity index (χ4v) is 2.35. The normalized spacial score (nSPS) is 16.1. The number of amides is 1. The summed E-state index contributed by atoms with van der Waals surface area (Å²) in [6.07, 6.45) is 2.07. The second kappa shape index (κ2) is 6.57. The zero-order valence-electron chi connectivity index (χ0n) is 11.7. The van der Waals surface area contributed by atoms with E-state index in [0.717, 1.165) is 43.9 Å². The fourth-order valence-electron chi connectivity index (χ4n) is 2.35. The molecule has 4 nitrogen and oxygen atoms in total. The quantitative estimate of drug-likeness (QED) is 0.874. The average molecular weight is 262 g/mol. The van der Waals surface area contributed by atoms with E-state index in [9.17, 15) is 4.79 Å². The van der Waals surface area contributed by atoms with Crippen LogP contribution in [-0.4, -0.2) is 32.7 Å². The van der Waals surface area contributed by atoms with E-state index in [2.05, 4.69) is 10.6 Å². The summed E-state index contributed by atoms with van der Waals surface area (Å²) in [6, 6.07) is 5.83. The summed E-state index contributed by atoms with van der Waals surface area (Å²) in [7, 11) is 1.84. The number of nitrogens with one attached hydrogen (secondary N) is 2. The Bertz CT molecular complexity index is 440. The highest BCUT2D eigenvalue weighted by Crippen LogP contribution is 2.18. The second-order valence-electron chi connectivity index (χ2n) is 5.06. The fraction of sp³-hybridized carbons (Fsp3) is 0.533. The van der Waals surface area contributed by atoms with Crippen molar-refractivity contribution in [3.05, 3.63) is 29.3 Å². The Balaban J connectivity index is 1.95. The van der Waals surface area contributed by atoms with Crippen LogP contribution in [0.4, 0.5) is 5.69 Å². The second-order valence-corrected chi connectivity index (χ2v) is 5.06. The summed E-state index contributed by atoms with van der Waals surface area (Å²) >= 11 is 0. The van der Waals surface area contributed by atoms with Gasteiger partial charge in [-0.05, 0) is 43.4 Å². The number of hydrogen-bond acceptors (Lipinski definition) is 3. The molecular weight excluding hydrogens is 240 g/mol. The van der Waals surface area contributed by atoms with Gasteiger partial charge in [0.1, 0.15) is 0 Å². The monoisotopic (exact) mass is 262 g/mol. The van der Waals surface area contributed by atoms with E-state index in [-0.39, 0.29) is 5.91 Å². The summed E-state index contributed by atoms with van der Waals surface area (Å²) < 4.78 is 5.32. The molecule has 4 heteroatoms. The van der Waals surface area contributed by atoms with Crippen LogP contribution in [0.3, 0.4) is 0 Å². The van der Waals surface area contributed by atoms with Gasteiger partial charge in [0.25, 0.3) is 5.91 Å². The number of aryl methyl sites for hydroxylation is 1. The van der Waals surface area contributed by atoms with E-state index in [0.29, 0.717) is 11.5 Å². The SMILES string of the molecule is CNc1cc(C)ccc1C(=O)NCC1CCOCC1. The Kier molecular flexibility index (Phi) is 4.80. The van der Waals surface area contributed by atoms with Gasteiger partial charge >= 0.3 is 0 Å². The standard InChI is InChI=1S/C15H22N2O2/c1-11-3-4-13(14(9-11)16-2)15(18)17-10-12-5-7-19-8-6-12/h3-4,9,12,16H,5-8,10H2,1-2H3,(H,17,18). The van der Waals surface area contributed by atoms with Crippen molar-refractivity contribution in [2.24, 2.45) is 5.92 Å². The van der Waals surface area contributed by atoms with Gasteiger partial charge in [0.05, 0.1) is 5.56 Å². The van der Waals surface area contributed by atoms with Crippen LogP contribution in [0.5, 0.6) is 0 Å². The third kappa shape index (κ3) is 3.70. The first-order valence-corrected chi connectivity index (χ1v) is 6.85. The smallest absolute Gasteiger partial charge is 0.253 e. The van der Waals surface area contributed by atoms with Crippen LogP contribution in [0.15, 0.2) is 18.2 Å². The van der Waals surface area contributed by atoms with Crippen LogP contribution in [-0.2, 0) is 4.74 Å². The highest BCUT2D eigenvalue weighted by molar-refractivity contribution is 5.99. The molecule has 2 N–H and O–H groups in total. The summed E-state index contributed by atoms with van der Waals surface area (Å²) in [5.74, 6) is 0.539. The molecule has 1 amide bonds. The minimum atomic E-state index is -0.00385. The third-order valence-electron chi connectivity index (χ3n) is 3.58. The molecule has 0 bridgehead atoms. The number of benzene rings is 1. The van der Waals surface area contributed by atoms with Crippen LogP contribution < -0.4 is 10.6 Å². The highest BCUT2D eigenvalue weighted by Gasteiger charge is 2.16. The summed E-state index contributed by atoms with van der Waals surface area (Å²) in [5, 5.41) is 6.10. The van der Waals surface area contributed by atoms with E-state index < -0.39 is 0 Å². The van der Waals surface area contributed by atoms with Gasteiger partial charge in [0.15, 0.2) is 0 Å². The van der Waals surface area contributed by atoms with Crippen LogP contribution in [0.25, 0.3) is 0 Å². The molecule has 1 saturated heterocycles. The van der Waals surface area contributed by atoms with Crippen LogP contribution in [0.1, 0.15) is 28.8 Å². The van der Waals surface area contributed by atoms with Gasteiger partial charge in [-0.25, -0.2) is 0 Å². The summed E-state index contributed by atoms with van der Waals surface area (Å²) in [5.41, 5.74) is 2.73. The van der Waals surface area contributed by atoms with Crippen molar-refractivity contribution in [3.63, 3.8) is 0 Å². The Morgan fingerprint density at radius 1 is 1.37 bits per heavy atom. The molecule has 19 heavy (non-hydrogen) atoms. The third-order valence-corrected chi connectivity index (χ3v) is 3.58. The van der Waals surface area contributed by atoms with Gasteiger partial charge in [0, 0.05) is 32.5 Å². The molecule has 1 heterocycles. The molecule has 2 rings (SSSR count). The van der Waals surface area contributed by atoms with Crippen LogP contribution in [0.2, 0.25) is 0 Å². The number of anilines is 1. The highest BCUT2D eigenvalue weighted by atomic mass is 16.5. The molecular formula is C15H22N2O2. The molecule has 1 aliphatic rings. The Hall–Kier alpha value is -1.55. The van der Waals surface area contributed by atoms with E-state index in [1.165, 1.54) is 0 Å². The number of carbonyl (C=O) groups excluding carboxylic acids is 1. The number of rotatable bonds is 4. The van der Waals surface area contributed by atoms with Crippen molar-refractivity contribution in [1.29, 1.82) is 0 Å². The van der Waals surface area contributed by atoms with Crippen molar-refractivity contribution in [2.45, 2.75) is 19.8 Å². The number of hydrogen-bond donors (Lipinski definition) is 2. The lowest BCUT2D eigenvalue weighted by Gasteiger charge is -2.22. The molecule has 0 spiro atoms. The molecule has 1 aromatic carbocycles. The van der Waals surface area contributed by atoms with Gasteiger partial charge in [-0.3, -0.25) is 4.79 Å². The largest absolute Gasteiger partial charge is 0.387 e. The van der Waals surface area contributed by atoms with E-state index in [1.807, 2.05) is 32.2 Å². The molecule has 0 saturated carbocycles. The lowest BCUT2D eigenvalue weighted by Crippen LogP contribution is -2.32. The Labute approximate surface area is 114 Å². The van der Waals surface area contributed by atoms with Crippen molar-refractivity contribution in [3.8, 4) is 0 Å². The number of carbonyl (C=O) groups is 1. The maximum Gasteiger partial charge on any atom is 0.253 e. The van der Waals surface area contributed by atoms with Gasteiger partial charge in [0.2, 0.25) is 0 Å². The van der Waals surface area contributed by atoms with E-state index in [4.69, 9.17) is 4.74 Å². The average Bonchev–Trinajstić information content (AvgIpc) is 2.45. The van der Waals surface area contributed by atoms with Gasteiger partial charge < -0.3 is 15.4 Å². The first-order valence-electron chi connectivity index (χ1n) is 6.85. The Morgan fingerprint density at radius 2 is 2.11 bits per heavy atom.